The zero-order chi connectivity index (χ0) is 25.6. The Labute approximate surface area is 201 Å². The average Bonchev–Trinajstić information content (AvgIpc) is 2.76. The Morgan fingerprint density at radius 2 is 1.76 bits per heavy atom. The largest absolute Gasteiger partial charge is 0.467 e. The molecule has 1 saturated carbocycles. The van der Waals surface area contributed by atoms with Crippen molar-refractivity contribution in [3.05, 3.63) is 29.6 Å². The number of carbonyl (C=O) groups excluding carboxylic acids is 3. The minimum atomic E-state index is -1.10. The van der Waals surface area contributed by atoms with Gasteiger partial charge in [-0.2, -0.15) is 0 Å². The van der Waals surface area contributed by atoms with Gasteiger partial charge >= 0.3 is 12.1 Å². The molecule has 9 heteroatoms. The lowest BCUT2D eigenvalue weighted by Gasteiger charge is -2.30. The predicted molar refractivity (Wildman–Crippen MR) is 128 cm³/mol. The summed E-state index contributed by atoms with van der Waals surface area (Å²) in [5, 5.41) is 5.08. The topological polar surface area (TPSA) is 120 Å². The molecule has 1 aromatic rings. The lowest BCUT2D eigenvalue weighted by atomic mass is 9.79. The standard InChI is InChI=1S/C25H38FN3O5/c1-14-7-9-16(10-8-14)20(27)22(30)28-19-12-11-17(13-18(19)26)15(2)21(23(31)33-6)29-24(32)34-25(3,4)5/h11-16,20-21H,7-10,27H2,1-6H3,(H,28,30)(H,29,32)/t14?,15-,16?,20-,21+/m0/s1. The Kier molecular flexibility index (Phi) is 9.44. The normalized spacial score (nSPS) is 21.1. The zero-order valence-corrected chi connectivity index (χ0v) is 20.9. The Bertz CT molecular complexity index is 878. The second-order valence-electron chi connectivity index (χ2n) is 10.2. The third kappa shape index (κ3) is 7.68. The predicted octanol–water partition coefficient (Wildman–Crippen LogP) is 4.09. The first-order chi connectivity index (χ1) is 15.8. The van der Waals surface area contributed by atoms with E-state index in [2.05, 4.69) is 17.6 Å². The number of esters is 1. The van der Waals surface area contributed by atoms with Crippen molar-refractivity contribution in [1.82, 2.24) is 5.32 Å². The fourth-order valence-corrected chi connectivity index (χ4v) is 4.13. The number of anilines is 1. The monoisotopic (exact) mass is 479 g/mol. The quantitative estimate of drug-likeness (QED) is 0.507. The molecule has 1 aliphatic rings. The summed E-state index contributed by atoms with van der Waals surface area (Å²) in [4.78, 5) is 37.1. The van der Waals surface area contributed by atoms with E-state index in [0.29, 0.717) is 11.5 Å². The number of halogens is 1. The molecule has 190 valence electrons. The van der Waals surface area contributed by atoms with E-state index in [0.717, 1.165) is 25.7 Å². The molecule has 0 aliphatic heterocycles. The van der Waals surface area contributed by atoms with E-state index in [-0.39, 0.29) is 11.6 Å². The molecule has 1 fully saturated rings. The maximum absolute atomic E-state index is 14.9. The Balaban J connectivity index is 2.10. The van der Waals surface area contributed by atoms with Gasteiger partial charge in [0.2, 0.25) is 5.91 Å². The van der Waals surface area contributed by atoms with Gasteiger partial charge in [-0.3, -0.25) is 4.79 Å². The van der Waals surface area contributed by atoms with Gasteiger partial charge in [0, 0.05) is 5.92 Å². The molecule has 0 aromatic heterocycles. The minimum absolute atomic E-state index is 0.00953. The second-order valence-corrected chi connectivity index (χ2v) is 10.2. The molecule has 0 unspecified atom stereocenters. The number of nitrogens with two attached hydrogens (primary N) is 1. The van der Waals surface area contributed by atoms with Crippen LogP contribution < -0.4 is 16.4 Å². The number of benzene rings is 1. The number of ether oxygens (including phenoxy) is 2. The van der Waals surface area contributed by atoms with E-state index in [4.69, 9.17) is 15.2 Å². The molecule has 1 aliphatic carbocycles. The molecule has 1 aromatic carbocycles. The van der Waals surface area contributed by atoms with Crippen molar-refractivity contribution in [1.29, 1.82) is 0 Å². The lowest BCUT2D eigenvalue weighted by molar-refractivity contribution is -0.143. The van der Waals surface area contributed by atoms with Gasteiger partial charge in [0.05, 0.1) is 18.8 Å². The van der Waals surface area contributed by atoms with E-state index in [1.165, 1.54) is 19.2 Å². The number of carbonyl (C=O) groups is 3. The van der Waals surface area contributed by atoms with Crippen LogP contribution in [0.4, 0.5) is 14.9 Å². The number of hydrogen-bond acceptors (Lipinski definition) is 6. The molecule has 2 amide bonds. The lowest BCUT2D eigenvalue weighted by Crippen LogP contribution is -2.46. The number of rotatable bonds is 7. The zero-order valence-electron chi connectivity index (χ0n) is 20.9. The van der Waals surface area contributed by atoms with Crippen LogP contribution in [0.3, 0.4) is 0 Å². The van der Waals surface area contributed by atoms with Crippen LogP contribution in [0.25, 0.3) is 0 Å². The minimum Gasteiger partial charge on any atom is -0.467 e. The number of amides is 2. The third-order valence-corrected chi connectivity index (χ3v) is 6.28. The van der Waals surface area contributed by atoms with E-state index in [1.807, 2.05) is 0 Å². The van der Waals surface area contributed by atoms with Gasteiger partial charge in [0.15, 0.2) is 0 Å². The van der Waals surface area contributed by atoms with Crippen molar-refractivity contribution in [2.24, 2.45) is 17.6 Å². The van der Waals surface area contributed by atoms with Crippen LogP contribution in [0.15, 0.2) is 18.2 Å². The summed E-state index contributed by atoms with van der Waals surface area (Å²) >= 11 is 0. The van der Waals surface area contributed by atoms with Crippen molar-refractivity contribution in [2.75, 3.05) is 12.4 Å². The highest BCUT2D eigenvalue weighted by Gasteiger charge is 2.32. The van der Waals surface area contributed by atoms with Crippen molar-refractivity contribution in [3.8, 4) is 0 Å². The summed E-state index contributed by atoms with van der Waals surface area (Å²) in [6.45, 7) is 8.95. The molecule has 0 saturated heterocycles. The van der Waals surface area contributed by atoms with Crippen LogP contribution in [0.5, 0.6) is 0 Å². The van der Waals surface area contributed by atoms with Crippen LogP contribution in [-0.2, 0) is 19.1 Å². The maximum Gasteiger partial charge on any atom is 0.408 e. The number of hydrogen-bond donors (Lipinski definition) is 3. The van der Waals surface area contributed by atoms with Crippen molar-refractivity contribution < 1.29 is 28.2 Å². The summed E-state index contributed by atoms with van der Waals surface area (Å²) in [6.07, 6.45) is 3.05. The van der Waals surface area contributed by atoms with Crippen molar-refractivity contribution in [3.63, 3.8) is 0 Å². The smallest absolute Gasteiger partial charge is 0.408 e. The van der Waals surface area contributed by atoms with E-state index in [1.54, 1.807) is 33.8 Å². The van der Waals surface area contributed by atoms with Gasteiger partial charge < -0.3 is 25.8 Å². The molecule has 0 bridgehead atoms. The van der Waals surface area contributed by atoms with Gasteiger partial charge in [0.25, 0.3) is 0 Å². The first-order valence-corrected chi connectivity index (χ1v) is 11.8. The summed E-state index contributed by atoms with van der Waals surface area (Å²) in [5.41, 5.74) is 5.85. The van der Waals surface area contributed by atoms with E-state index >= 15 is 0 Å². The van der Waals surface area contributed by atoms with Gasteiger partial charge in [0.1, 0.15) is 17.5 Å². The third-order valence-electron chi connectivity index (χ3n) is 6.28. The van der Waals surface area contributed by atoms with Gasteiger partial charge in [-0.25, -0.2) is 14.0 Å². The first kappa shape index (κ1) is 27.6. The molecule has 8 nitrogen and oxygen atoms in total. The number of nitrogens with one attached hydrogen (secondary N) is 2. The highest BCUT2D eigenvalue weighted by Crippen LogP contribution is 2.31. The highest BCUT2D eigenvalue weighted by atomic mass is 19.1. The van der Waals surface area contributed by atoms with Gasteiger partial charge in [-0.1, -0.05) is 32.8 Å². The molecular weight excluding hydrogens is 441 g/mol. The molecule has 0 heterocycles. The van der Waals surface area contributed by atoms with Crippen LogP contribution in [0, 0.1) is 17.7 Å². The maximum atomic E-state index is 14.9. The Hall–Kier alpha value is -2.68. The van der Waals surface area contributed by atoms with Crippen LogP contribution in [0.2, 0.25) is 0 Å². The molecular formula is C25H38FN3O5. The molecule has 0 radical (unpaired) electrons. The fourth-order valence-electron chi connectivity index (χ4n) is 4.13. The van der Waals surface area contributed by atoms with Gasteiger partial charge in [-0.15, -0.1) is 0 Å². The SMILES string of the molecule is COC(=O)[C@H](NC(=O)OC(C)(C)C)[C@@H](C)c1ccc(NC(=O)[C@@H](N)C2CCC(C)CC2)c(F)c1. The molecule has 34 heavy (non-hydrogen) atoms. The summed E-state index contributed by atoms with van der Waals surface area (Å²) in [6, 6.07) is 2.44. The van der Waals surface area contributed by atoms with E-state index < -0.39 is 47.4 Å². The molecule has 4 N–H and O–H groups in total. The highest BCUT2D eigenvalue weighted by molar-refractivity contribution is 5.95. The first-order valence-electron chi connectivity index (χ1n) is 11.8. The second kappa shape index (κ2) is 11.6. The van der Waals surface area contributed by atoms with Crippen LogP contribution >= 0.6 is 0 Å². The van der Waals surface area contributed by atoms with E-state index in [9.17, 15) is 18.8 Å². The number of methoxy groups -OCH3 is 1. The van der Waals surface area contributed by atoms with Crippen LogP contribution in [-0.4, -0.2) is 42.8 Å². The summed E-state index contributed by atoms with van der Waals surface area (Å²) < 4.78 is 24.9. The van der Waals surface area contributed by atoms with Crippen LogP contribution in [0.1, 0.15) is 71.8 Å². The van der Waals surface area contributed by atoms with Gasteiger partial charge in [-0.05, 0) is 63.1 Å². The number of alkyl carbamates (subject to hydrolysis) is 1. The molecule has 0 spiro atoms. The molecule has 3 atom stereocenters. The summed E-state index contributed by atoms with van der Waals surface area (Å²) in [5.74, 6) is -1.69. The Morgan fingerprint density at radius 3 is 2.29 bits per heavy atom. The molecule has 2 rings (SSSR count). The Morgan fingerprint density at radius 1 is 1.15 bits per heavy atom. The fraction of sp³-hybridized carbons (Fsp3) is 0.640. The summed E-state index contributed by atoms with van der Waals surface area (Å²) in [7, 11) is 1.20. The van der Waals surface area contributed by atoms with Crippen molar-refractivity contribution in [2.45, 2.75) is 83.9 Å². The van der Waals surface area contributed by atoms with Crippen molar-refractivity contribution >= 4 is 23.7 Å². The average molecular weight is 480 g/mol.